The van der Waals surface area contributed by atoms with E-state index in [0.717, 1.165) is 19.5 Å². The monoisotopic (exact) mass is 216 g/mol. The number of thioether (sulfide) groups is 1. The highest BCUT2D eigenvalue weighted by Crippen LogP contribution is 2.06. The summed E-state index contributed by atoms with van der Waals surface area (Å²) in [6.07, 6.45) is 3.82. The van der Waals surface area contributed by atoms with Crippen LogP contribution in [0, 0.1) is 5.92 Å². The Kier molecular flexibility index (Phi) is 5.33. The van der Waals surface area contributed by atoms with Gasteiger partial charge < -0.3 is 10.6 Å². The molecular weight excluding hydrogens is 196 g/mol. The van der Waals surface area contributed by atoms with Crippen molar-refractivity contribution in [2.75, 3.05) is 25.1 Å². The molecule has 0 aromatic carbocycles. The van der Waals surface area contributed by atoms with Gasteiger partial charge in [-0.2, -0.15) is 11.8 Å². The molecule has 1 saturated heterocycles. The maximum absolute atomic E-state index is 10.9. The first-order valence-electron chi connectivity index (χ1n) is 5.21. The van der Waals surface area contributed by atoms with Crippen LogP contribution in [0.4, 0.5) is 0 Å². The summed E-state index contributed by atoms with van der Waals surface area (Å²) in [5, 5.41) is 6.36. The molecule has 0 spiro atoms. The Labute approximate surface area is 90.4 Å². The molecule has 0 saturated carbocycles. The summed E-state index contributed by atoms with van der Waals surface area (Å²) in [7, 11) is 0. The Morgan fingerprint density at radius 3 is 3.07 bits per heavy atom. The molecule has 1 heterocycles. The highest BCUT2D eigenvalue weighted by Gasteiger charge is 2.19. The molecule has 0 aromatic rings. The lowest BCUT2D eigenvalue weighted by molar-refractivity contribution is -0.119. The first-order valence-corrected chi connectivity index (χ1v) is 6.60. The van der Waals surface area contributed by atoms with E-state index in [0.29, 0.717) is 18.4 Å². The van der Waals surface area contributed by atoms with E-state index in [-0.39, 0.29) is 5.91 Å². The quantitative estimate of drug-likeness (QED) is 0.692. The van der Waals surface area contributed by atoms with Crippen LogP contribution in [-0.4, -0.2) is 37.0 Å². The van der Waals surface area contributed by atoms with Crippen molar-refractivity contribution >= 4 is 17.7 Å². The van der Waals surface area contributed by atoms with Gasteiger partial charge in [0, 0.05) is 19.0 Å². The molecule has 3 nitrogen and oxygen atoms in total. The second-order valence-corrected chi connectivity index (χ2v) is 4.93. The lowest BCUT2D eigenvalue weighted by Gasteiger charge is -2.14. The van der Waals surface area contributed by atoms with Gasteiger partial charge in [0.15, 0.2) is 0 Å². The fraction of sp³-hybridized carbons (Fsp3) is 0.900. The highest BCUT2D eigenvalue weighted by atomic mass is 32.2. The summed E-state index contributed by atoms with van der Waals surface area (Å²) >= 11 is 1.88. The van der Waals surface area contributed by atoms with Crippen LogP contribution in [0.5, 0.6) is 0 Å². The van der Waals surface area contributed by atoms with Crippen molar-refractivity contribution in [1.82, 2.24) is 10.6 Å². The van der Waals surface area contributed by atoms with E-state index in [9.17, 15) is 4.79 Å². The van der Waals surface area contributed by atoms with Gasteiger partial charge in [0.25, 0.3) is 0 Å². The second kappa shape index (κ2) is 6.30. The molecule has 0 radical (unpaired) electrons. The summed E-state index contributed by atoms with van der Waals surface area (Å²) < 4.78 is 0. The number of hydrogen-bond donors (Lipinski definition) is 2. The largest absolute Gasteiger partial charge is 0.352 e. The van der Waals surface area contributed by atoms with Crippen molar-refractivity contribution in [3.63, 3.8) is 0 Å². The fourth-order valence-electron chi connectivity index (χ4n) is 1.68. The average Bonchev–Trinajstić information content (AvgIpc) is 2.52. The molecule has 1 aliphatic rings. The van der Waals surface area contributed by atoms with Crippen LogP contribution in [-0.2, 0) is 4.79 Å². The molecule has 2 atom stereocenters. The molecule has 1 fully saturated rings. The molecule has 1 aliphatic heterocycles. The van der Waals surface area contributed by atoms with Gasteiger partial charge in [-0.1, -0.05) is 6.92 Å². The van der Waals surface area contributed by atoms with E-state index in [1.165, 1.54) is 5.75 Å². The zero-order valence-corrected chi connectivity index (χ0v) is 9.82. The van der Waals surface area contributed by atoms with Gasteiger partial charge in [-0.3, -0.25) is 4.79 Å². The standard InChI is InChI=1S/C10H20N2OS/c1-8(7-14-2)5-11-6-9-3-4-10(13)12-9/h8-9,11H,3-7H2,1-2H3,(H,12,13). The number of carbonyl (C=O) groups excluding carboxylic acids is 1. The van der Waals surface area contributed by atoms with Crippen molar-refractivity contribution < 1.29 is 4.79 Å². The van der Waals surface area contributed by atoms with Crippen LogP contribution in [0.2, 0.25) is 0 Å². The molecule has 2 unspecified atom stereocenters. The highest BCUT2D eigenvalue weighted by molar-refractivity contribution is 7.98. The summed E-state index contributed by atoms with van der Waals surface area (Å²) in [5.74, 6) is 2.11. The molecular formula is C10H20N2OS. The van der Waals surface area contributed by atoms with Crippen molar-refractivity contribution in [2.45, 2.75) is 25.8 Å². The second-order valence-electron chi connectivity index (χ2n) is 4.02. The third-order valence-electron chi connectivity index (χ3n) is 2.42. The van der Waals surface area contributed by atoms with Crippen molar-refractivity contribution in [3.8, 4) is 0 Å². The van der Waals surface area contributed by atoms with Crippen LogP contribution in [0.1, 0.15) is 19.8 Å². The van der Waals surface area contributed by atoms with E-state index in [1.807, 2.05) is 11.8 Å². The van der Waals surface area contributed by atoms with Crippen molar-refractivity contribution in [3.05, 3.63) is 0 Å². The number of carbonyl (C=O) groups is 1. The van der Waals surface area contributed by atoms with E-state index < -0.39 is 0 Å². The minimum atomic E-state index is 0.203. The number of nitrogens with one attached hydrogen (secondary N) is 2. The predicted molar refractivity (Wildman–Crippen MR) is 61.6 cm³/mol. The van der Waals surface area contributed by atoms with Gasteiger partial charge in [-0.05, 0) is 30.9 Å². The van der Waals surface area contributed by atoms with Gasteiger partial charge >= 0.3 is 0 Å². The SMILES string of the molecule is CSCC(C)CNCC1CCC(=O)N1. The summed E-state index contributed by atoms with van der Waals surface area (Å²) in [5.41, 5.74) is 0. The third kappa shape index (κ3) is 4.33. The number of amides is 1. The molecule has 1 rings (SSSR count). The van der Waals surface area contributed by atoms with E-state index in [4.69, 9.17) is 0 Å². The first-order chi connectivity index (χ1) is 6.72. The Hall–Kier alpha value is -0.220. The van der Waals surface area contributed by atoms with Gasteiger partial charge in [0.1, 0.15) is 0 Å². The van der Waals surface area contributed by atoms with Crippen molar-refractivity contribution in [2.24, 2.45) is 5.92 Å². The molecule has 1 amide bonds. The smallest absolute Gasteiger partial charge is 0.220 e. The Bertz CT molecular complexity index is 187. The fourth-order valence-corrected chi connectivity index (χ4v) is 2.36. The van der Waals surface area contributed by atoms with E-state index in [2.05, 4.69) is 23.8 Å². The summed E-state index contributed by atoms with van der Waals surface area (Å²) in [4.78, 5) is 10.9. The number of hydrogen-bond acceptors (Lipinski definition) is 3. The molecule has 2 N–H and O–H groups in total. The molecule has 0 aliphatic carbocycles. The molecule has 0 bridgehead atoms. The Balaban J connectivity index is 2.01. The third-order valence-corrected chi connectivity index (χ3v) is 3.32. The minimum absolute atomic E-state index is 0.203. The Morgan fingerprint density at radius 2 is 2.50 bits per heavy atom. The lowest BCUT2D eigenvalue weighted by Crippen LogP contribution is -2.37. The van der Waals surface area contributed by atoms with Crippen LogP contribution >= 0.6 is 11.8 Å². The normalized spacial score (nSPS) is 23.6. The average molecular weight is 216 g/mol. The zero-order chi connectivity index (χ0) is 10.4. The minimum Gasteiger partial charge on any atom is -0.352 e. The van der Waals surface area contributed by atoms with E-state index >= 15 is 0 Å². The molecule has 82 valence electrons. The molecule has 4 heteroatoms. The van der Waals surface area contributed by atoms with Gasteiger partial charge in [0.05, 0.1) is 0 Å². The number of rotatable bonds is 6. The van der Waals surface area contributed by atoms with Crippen molar-refractivity contribution in [1.29, 1.82) is 0 Å². The topological polar surface area (TPSA) is 41.1 Å². The molecule has 14 heavy (non-hydrogen) atoms. The van der Waals surface area contributed by atoms with Gasteiger partial charge in [0.2, 0.25) is 5.91 Å². The first kappa shape index (κ1) is 11.9. The predicted octanol–water partition coefficient (Wildman–Crippen LogP) is 0.854. The zero-order valence-electron chi connectivity index (χ0n) is 9.01. The van der Waals surface area contributed by atoms with Gasteiger partial charge in [-0.15, -0.1) is 0 Å². The van der Waals surface area contributed by atoms with Gasteiger partial charge in [-0.25, -0.2) is 0 Å². The molecule has 0 aromatic heterocycles. The Morgan fingerprint density at radius 1 is 1.71 bits per heavy atom. The maximum Gasteiger partial charge on any atom is 0.220 e. The lowest BCUT2D eigenvalue weighted by atomic mass is 10.2. The summed E-state index contributed by atoms with van der Waals surface area (Å²) in [6, 6.07) is 0.365. The van der Waals surface area contributed by atoms with Crippen LogP contribution in [0.25, 0.3) is 0 Å². The maximum atomic E-state index is 10.9. The van der Waals surface area contributed by atoms with Crippen LogP contribution in [0.15, 0.2) is 0 Å². The van der Waals surface area contributed by atoms with Crippen LogP contribution < -0.4 is 10.6 Å². The summed E-state index contributed by atoms with van der Waals surface area (Å²) in [6.45, 7) is 4.22. The van der Waals surface area contributed by atoms with Crippen LogP contribution in [0.3, 0.4) is 0 Å². The van der Waals surface area contributed by atoms with E-state index in [1.54, 1.807) is 0 Å².